The smallest absolute Gasteiger partial charge is 0.256 e. The first-order valence-electron chi connectivity index (χ1n) is 4.48. The molecule has 0 spiro atoms. The Morgan fingerprint density at radius 2 is 2.27 bits per heavy atom. The topological polar surface area (TPSA) is 67.5 Å². The lowest BCUT2D eigenvalue weighted by Crippen LogP contribution is -2.31. The molecule has 1 unspecified atom stereocenters. The Labute approximate surface area is 92.1 Å². The number of guanidine groups is 1. The molecule has 1 aliphatic rings. The van der Waals surface area contributed by atoms with Crippen LogP contribution in [-0.4, -0.2) is 11.9 Å². The number of aliphatic imine (C=N–C) groups is 1. The van der Waals surface area contributed by atoms with Crippen molar-refractivity contribution in [1.82, 2.24) is 5.32 Å². The maximum Gasteiger partial charge on any atom is 0.256 e. The molecule has 15 heavy (non-hydrogen) atoms. The number of aryl methyl sites for hydroxylation is 1. The maximum absolute atomic E-state index is 11.5. The van der Waals surface area contributed by atoms with Crippen LogP contribution in [0.2, 0.25) is 5.02 Å². The van der Waals surface area contributed by atoms with Gasteiger partial charge >= 0.3 is 0 Å². The number of rotatable bonds is 1. The number of hydrogen-bond acceptors (Lipinski definition) is 3. The van der Waals surface area contributed by atoms with Gasteiger partial charge in [-0.3, -0.25) is 10.1 Å². The minimum Gasteiger partial charge on any atom is -0.370 e. The number of benzene rings is 1. The minimum atomic E-state index is -0.540. The van der Waals surface area contributed by atoms with Crippen LogP contribution >= 0.6 is 11.6 Å². The Bertz CT molecular complexity index is 456. The average Bonchev–Trinajstić information content (AvgIpc) is 2.45. The Morgan fingerprint density at radius 3 is 2.80 bits per heavy atom. The number of nitrogens with zero attached hydrogens (tertiary/aromatic N) is 1. The van der Waals surface area contributed by atoms with Gasteiger partial charge in [0.1, 0.15) is 0 Å². The number of nitrogens with one attached hydrogen (secondary N) is 1. The van der Waals surface area contributed by atoms with Crippen molar-refractivity contribution in [2.24, 2.45) is 10.7 Å². The molecule has 0 aliphatic carbocycles. The maximum atomic E-state index is 11.5. The fourth-order valence-corrected chi connectivity index (χ4v) is 1.81. The van der Waals surface area contributed by atoms with Gasteiger partial charge in [-0.15, -0.1) is 0 Å². The van der Waals surface area contributed by atoms with Crippen molar-refractivity contribution in [3.63, 3.8) is 0 Å². The first-order chi connectivity index (χ1) is 7.08. The predicted octanol–water partition coefficient (Wildman–Crippen LogP) is 1.13. The van der Waals surface area contributed by atoms with Crippen molar-refractivity contribution in [2.75, 3.05) is 0 Å². The lowest BCUT2D eigenvalue weighted by Gasteiger charge is -2.08. The molecule has 0 fully saturated rings. The molecule has 4 nitrogen and oxygen atoms in total. The van der Waals surface area contributed by atoms with Gasteiger partial charge in [0.25, 0.3) is 5.91 Å². The van der Waals surface area contributed by atoms with E-state index in [9.17, 15) is 4.79 Å². The fourth-order valence-electron chi connectivity index (χ4n) is 1.58. The normalized spacial score (nSPS) is 20.0. The van der Waals surface area contributed by atoms with Crippen LogP contribution in [0.3, 0.4) is 0 Å². The highest BCUT2D eigenvalue weighted by molar-refractivity contribution is 6.30. The fraction of sp³-hybridized carbons (Fsp3) is 0.200. The van der Waals surface area contributed by atoms with Gasteiger partial charge in [-0.25, -0.2) is 4.99 Å². The largest absolute Gasteiger partial charge is 0.370 e. The van der Waals surface area contributed by atoms with Gasteiger partial charge in [0, 0.05) is 5.02 Å². The van der Waals surface area contributed by atoms with Gasteiger partial charge < -0.3 is 5.73 Å². The van der Waals surface area contributed by atoms with Crippen LogP contribution in [0.25, 0.3) is 0 Å². The van der Waals surface area contributed by atoms with Crippen LogP contribution in [0.1, 0.15) is 17.2 Å². The number of halogens is 1. The van der Waals surface area contributed by atoms with Crippen molar-refractivity contribution in [3.05, 3.63) is 34.3 Å². The summed E-state index contributed by atoms with van der Waals surface area (Å²) in [5.74, 6) is -0.0303. The van der Waals surface area contributed by atoms with E-state index in [0.717, 1.165) is 11.1 Å². The van der Waals surface area contributed by atoms with E-state index in [4.69, 9.17) is 17.3 Å². The van der Waals surface area contributed by atoms with Crippen LogP contribution < -0.4 is 11.1 Å². The van der Waals surface area contributed by atoms with Gasteiger partial charge in [-0.05, 0) is 30.2 Å². The zero-order chi connectivity index (χ0) is 11.0. The minimum absolute atomic E-state index is 0.166. The lowest BCUT2D eigenvalue weighted by molar-refractivity contribution is -0.120. The highest BCUT2D eigenvalue weighted by Gasteiger charge is 2.27. The van der Waals surface area contributed by atoms with E-state index < -0.39 is 6.04 Å². The van der Waals surface area contributed by atoms with Crippen LogP contribution in [0.4, 0.5) is 0 Å². The van der Waals surface area contributed by atoms with Crippen LogP contribution in [0, 0.1) is 6.92 Å². The summed E-state index contributed by atoms with van der Waals surface area (Å²) in [4.78, 5) is 15.5. The molecule has 78 valence electrons. The molecular weight excluding hydrogens is 214 g/mol. The van der Waals surface area contributed by atoms with Crippen LogP contribution in [-0.2, 0) is 4.79 Å². The molecular formula is C10H10ClN3O. The third-order valence-electron chi connectivity index (χ3n) is 2.29. The van der Waals surface area contributed by atoms with Crippen molar-refractivity contribution in [3.8, 4) is 0 Å². The van der Waals surface area contributed by atoms with E-state index in [1.165, 1.54) is 0 Å². The molecule has 1 aromatic carbocycles. The van der Waals surface area contributed by atoms with Crippen molar-refractivity contribution in [1.29, 1.82) is 0 Å². The van der Waals surface area contributed by atoms with Gasteiger partial charge in [0.05, 0.1) is 0 Å². The molecule has 1 atom stereocenters. The number of amides is 1. The van der Waals surface area contributed by atoms with Gasteiger partial charge in [-0.2, -0.15) is 0 Å². The second-order valence-electron chi connectivity index (χ2n) is 3.41. The van der Waals surface area contributed by atoms with Crippen molar-refractivity contribution < 1.29 is 4.79 Å². The average molecular weight is 224 g/mol. The van der Waals surface area contributed by atoms with Gasteiger partial charge in [0.15, 0.2) is 12.0 Å². The summed E-state index contributed by atoms with van der Waals surface area (Å²) in [5, 5.41) is 3.11. The van der Waals surface area contributed by atoms with E-state index >= 15 is 0 Å². The summed E-state index contributed by atoms with van der Waals surface area (Å²) in [6, 6.07) is 4.79. The molecule has 0 saturated carbocycles. The molecule has 0 bridgehead atoms. The summed E-state index contributed by atoms with van der Waals surface area (Å²) in [6.45, 7) is 1.89. The Morgan fingerprint density at radius 1 is 1.53 bits per heavy atom. The predicted molar refractivity (Wildman–Crippen MR) is 58.7 cm³/mol. The van der Waals surface area contributed by atoms with E-state index in [0.29, 0.717) is 5.02 Å². The molecule has 1 amide bonds. The quantitative estimate of drug-likeness (QED) is 0.750. The summed E-state index contributed by atoms with van der Waals surface area (Å²) in [7, 11) is 0. The van der Waals surface area contributed by atoms with E-state index in [1.54, 1.807) is 18.2 Å². The summed E-state index contributed by atoms with van der Waals surface area (Å²) in [5.41, 5.74) is 7.19. The van der Waals surface area contributed by atoms with E-state index in [2.05, 4.69) is 10.3 Å². The first kappa shape index (κ1) is 9.98. The highest BCUT2D eigenvalue weighted by atomic mass is 35.5. The van der Waals surface area contributed by atoms with Crippen molar-refractivity contribution in [2.45, 2.75) is 13.0 Å². The number of nitrogens with two attached hydrogens (primary N) is 1. The molecule has 5 heteroatoms. The molecule has 0 saturated heterocycles. The van der Waals surface area contributed by atoms with Crippen LogP contribution in [0.15, 0.2) is 23.2 Å². The summed E-state index contributed by atoms with van der Waals surface area (Å²) >= 11 is 5.83. The number of carbonyl (C=O) groups excluding carboxylic acids is 1. The number of hydrogen-bond donors (Lipinski definition) is 2. The lowest BCUT2D eigenvalue weighted by atomic mass is 10.0. The molecule has 0 aromatic heterocycles. The molecule has 1 aromatic rings. The Kier molecular flexibility index (Phi) is 2.36. The zero-order valence-electron chi connectivity index (χ0n) is 8.12. The SMILES string of the molecule is Cc1cc(Cl)ccc1C1N=C(N)NC1=O. The van der Waals surface area contributed by atoms with Crippen LogP contribution in [0.5, 0.6) is 0 Å². The Hall–Kier alpha value is -1.55. The molecule has 3 N–H and O–H groups in total. The third-order valence-corrected chi connectivity index (χ3v) is 2.53. The summed E-state index contributed by atoms with van der Waals surface area (Å²) < 4.78 is 0. The van der Waals surface area contributed by atoms with E-state index in [1.807, 2.05) is 6.92 Å². The van der Waals surface area contributed by atoms with Crippen molar-refractivity contribution >= 4 is 23.5 Å². The molecule has 2 rings (SSSR count). The molecule has 0 radical (unpaired) electrons. The second kappa shape index (κ2) is 3.55. The Balaban J connectivity index is 2.42. The van der Waals surface area contributed by atoms with E-state index in [-0.39, 0.29) is 11.9 Å². The monoisotopic (exact) mass is 223 g/mol. The van der Waals surface area contributed by atoms with Gasteiger partial charge in [0.2, 0.25) is 0 Å². The second-order valence-corrected chi connectivity index (χ2v) is 3.84. The summed E-state index contributed by atoms with van der Waals surface area (Å²) in [6.07, 6.45) is 0. The zero-order valence-corrected chi connectivity index (χ0v) is 8.88. The molecule has 1 aliphatic heterocycles. The van der Waals surface area contributed by atoms with Gasteiger partial charge in [-0.1, -0.05) is 17.7 Å². The highest BCUT2D eigenvalue weighted by Crippen LogP contribution is 2.26. The molecule has 1 heterocycles. The first-order valence-corrected chi connectivity index (χ1v) is 4.86. The standard InChI is InChI=1S/C10H10ClN3O/c1-5-4-6(11)2-3-7(5)8-9(15)14-10(12)13-8/h2-4,8H,1H3,(H3,12,13,14,15). The number of carbonyl (C=O) groups is 1. The third kappa shape index (κ3) is 1.80.